The summed E-state index contributed by atoms with van der Waals surface area (Å²) in [4.78, 5) is 0. The first kappa shape index (κ1) is 15.2. The minimum Gasteiger partial charge on any atom is -0.378 e. The van der Waals surface area contributed by atoms with Crippen molar-refractivity contribution >= 4 is 0 Å². The molecule has 2 rings (SSSR count). The summed E-state index contributed by atoms with van der Waals surface area (Å²) in [6.45, 7) is 0.915. The Morgan fingerprint density at radius 1 is 1.26 bits per heavy atom. The Bertz CT molecular complexity index is 257. The molecule has 1 aliphatic carbocycles. The van der Waals surface area contributed by atoms with Gasteiger partial charge in [-0.1, -0.05) is 0 Å². The molecule has 0 aromatic rings. The summed E-state index contributed by atoms with van der Waals surface area (Å²) in [5, 5.41) is 3.34. The average Bonchev–Trinajstić information content (AvgIpc) is 2.88. The van der Waals surface area contributed by atoms with Crippen molar-refractivity contribution in [2.24, 2.45) is 5.92 Å². The number of rotatable bonds is 6. The van der Waals surface area contributed by atoms with E-state index in [4.69, 9.17) is 4.74 Å². The third kappa shape index (κ3) is 4.67. The maximum atomic E-state index is 13.2. The van der Waals surface area contributed by atoms with Crippen molar-refractivity contribution in [2.45, 2.75) is 75.9 Å². The van der Waals surface area contributed by atoms with Crippen LogP contribution in [0.4, 0.5) is 8.78 Å². The molecule has 0 amide bonds. The molecule has 0 bridgehead atoms. The van der Waals surface area contributed by atoms with Crippen molar-refractivity contribution in [3.63, 3.8) is 0 Å². The van der Waals surface area contributed by atoms with Gasteiger partial charge in [-0.2, -0.15) is 0 Å². The van der Waals surface area contributed by atoms with Gasteiger partial charge in [0.25, 0.3) is 0 Å². The molecule has 19 heavy (non-hydrogen) atoms. The molecule has 2 fully saturated rings. The topological polar surface area (TPSA) is 21.3 Å². The molecule has 1 aliphatic heterocycles. The molecule has 1 saturated heterocycles. The average molecular weight is 275 g/mol. The van der Waals surface area contributed by atoms with E-state index in [1.54, 1.807) is 0 Å². The summed E-state index contributed by atoms with van der Waals surface area (Å²) in [6.07, 6.45) is 7.67. The summed E-state index contributed by atoms with van der Waals surface area (Å²) in [5.74, 6) is -1.99. The molecule has 0 radical (unpaired) electrons. The fraction of sp³-hybridized carbons (Fsp3) is 1.00. The molecule has 0 aromatic heterocycles. The third-order valence-electron chi connectivity index (χ3n) is 4.77. The Kier molecular flexibility index (Phi) is 5.58. The van der Waals surface area contributed by atoms with Crippen molar-refractivity contribution in [1.29, 1.82) is 0 Å². The zero-order chi connectivity index (χ0) is 13.7. The van der Waals surface area contributed by atoms with E-state index in [1.165, 1.54) is 12.8 Å². The highest BCUT2D eigenvalue weighted by Gasteiger charge is 2.37. The molecule has 112 valence electrons. The van der Waals surface area contributed by atoms with Gasteiger partial charge in [-0.05, 0) is 57.9 Å². The van der Waals surface area contributed by atoms with Gasteiger partial charge in [0.05, 0.1) is 6.10 Å². The minimum absolute atomic E-state index is 0.0710. The molecule has 2 aliphatic rings. The quantitative estimate of drug-likeness (QED) is 0.797. The van der Waals surface area contributed by atoms with E-state index in [1.807, 2.05) is 7.05 Å². The fourth-order valence-corrected chi connectivity index (χ4v) is 3.52. The van der Waals surface area contributed by atoms with E-state index >= 15 is 0 Å². The maximum Gasteiger partial charge on any atom is 0.248 e. The molecule has 1 saturated carbocycles. The van der Waals surface area contributed by atoms with Crippen molar-refractivity contribution in [2.75, 3.05) is 13.7 Å². The highest BCUT2D eigenvalue weighted by Crippen LogP contribution is 2.38. The second-order valence-corrected chi connectivity index (χ2v) is 6.15. The number of ether oxygens (including phenoxy) is 1. The number of halogens is 2. The molecular formula is C15H27F2NO. The van der Waals surface area contributed by atoms with Crippen molar-refractivity contribution in [1.82, 2.24) is 5.32 Å². The first-order valence-corrected chi connectivity index (χ1v) is 7.77. The number of hydrogen-bond acceptors (Lipinski definition) is 2. The van der Waals surface area contributed by atoms with Crippen molar-refractivity contribution < 1.29 is 13.5 Å². The summed E-state index contributed by atoms with van der Waals surface area (Å²) < 4.78 is 32.0. The van der Waals surface area contributed by atoms with Gasteiger partial charge in [-0.25, -0.2) is 8.78 Å². The zero-order valence-corrected chi connectivity index (χ0v) is 12.0. The highest BCUT2D eigenvalue weighted by atomic mass is 19.3. The van der Waals surface area contributed by atoms with Gasteiger partial charge in [0.15, 0.2) is 0 Å². The predicted molar refractivity (Wildman–Crippen MR) is 72.6 cm³/mol. The Hall–Kier alpha value is -0.220. The van der Waals surface area contributed by atoms with Crippen molar-refractivity contribution in [3.8, 4) is 0 Å². The van der Waals surface area contributed by atoms with E-state index in [0.717, 1.165) is 25.9 Å². The fourth-order valence-electron chi connectivity index (χ4n) is 3.52. The van der Waals surface area contributed by atoms with Gasteiger partial charge in [-0.3, -0.25) is 0 Å². The van der Waals surface area contributed by atoms with Gasteiger partial charge in [0.2, 0.25) is 5.92 Å². The normalized spacial score (nSPS) is 29.5. The van der Waals surface area contributed by atoms with Crippen LogP contribution in [-0.4, -0.2) is 31.7 Å². The lowest BCUT2D eigenvalue weighted by molar-refractivity contribution is -0.0497. The zero-order valence-electron chi connectivity index (χ0n) is 12.0. The van der Waals surface area contributed by atoms with E-state index in [-0.39, 0.29) is 12.8 Å². The second-order valence-electron chi connectivity index (χ2n) is 6.15. The van der Waals surface area contributed by atoms with Crippen LogP contribution >= 0.6 is 0 Å². The Balaban J connectivity index is 1.67. The smallest absolute Gasteiger partial charge is 0.248 e. The number of hydrogen-bond donors (Lipinski definition) is 1. The summed E-state index contributed by atoms with van der Waals surface area (Å²) in [6, 6.07) is 0.400. The Labute approximate surface area is 115 Å². The molecule has 2 nitrogen and oxygen atoms in total. The standard InChI is InChI=1S/C15H27F2NO/c1-18-14(6-2-4-13-5-3-11-19-13)12-7-9-15(16,17)10-8-12/h12-14,18H,2-11H2,1H3. The SMILES string of the molecule is CNC(CCCC1CCCO1)C1CCC(F)(F)CC1. The minimum atomic E-state index is -2.41. The number of nitrogens with one attached hydrogen (secondary N) is 1. The van der Waals surface area contributed by atoms with Crippen LogP contribution in [0.3, 0.4) is 0 Å². The molecule has 1 heterocycles. The van der Waals surface area contributed by atoms with Gasteiger partial charge in [0.1, 0.15) is 0 Å². The first-order valence-electron chi connectivity index (χ1n) is 7.77. The van der Waals surface area contributed by atoms with Crippen molar-refractivity contribution in [3.05, 3.63) is 0 Å². The monoisotopic (exact) mass is 275 g/mol. The van der Waals surface area contributed by atoms with Crippen LogP contribution in [-0.2, 0) is 4.74 Å². The van der Waals surface area contributed by atoms with Crippen LogP contribution in [0, 0.1) is 5.92 Å². The van der Waals surface area contributed by atoms with Gasteiger partial charge in [0, 0.05) is 25.5 Å². The maximum absolute atomic E-state index is 13.2. The third-order valence-corrected chi connectivity index (χ3v) is 4.77. The Morgan fingerprint density at radius 2 is 2.00 bits per heavy atom. The molecule has 0 spiro atoms. The van der Waals surface area contributed by atoms with Crippen LogP contribution < -0.4 is 5.32 Å². The summed E-state index contributed by atoms with van der Waals surface area (Å²) in [5.41, 5.74) is 0. The van der Waals surface area contributed by atoms with Crippen LogP contribution in [0.2, 0.25) is 0 Å². The molecule has 0 aromatic carbocycles. The lowest BCUT2D eigenvalue weighted by Crippen LogP contribution is -2.38. The first-order chi connectivity index (χ1) is 9.11. The van der Waals surface area contributed by atoms with Crippen LogP contribution in [0.5, 0.6) is 0 Å². The Morgan fingerprint density at radius 3 is 2.58 bits per heavy atom. The van der Waals surface area contributed by atoms with E-state index < -0.39 is 5.92 Å². The number of alkyl halides is 2. The summed E-state index contributed by atoms with van der Waals surface area (Å²) >= 11 is 0. The molecule has 2 unspecified atom stereocenters. The lowest BCUT2D eigenvalue weighted by atomic mass is 9.80. The van der Waals surface area contributed by atoms with Gasteiger partial charge < -0.3 is 10.1 Å². The molecule has 2 atom stereocenters. The highest BCUT2D eigenvalue weighted by molar-refractivity contribution is 4.84. The molecule has 4 heteroatoms. The second kappa shape index (κ2) is 6.98. The molecular weight excluding hydrogens is 248 g/mol. The van der Waals surface area contributed by atoms with E-state index in [0.29, 0.717) is 30.9 Å². The van der Waals surface area contributed by atoms with Crippen LogP contribution in [0.25, 0.3) is 0 Å². The summed E-state index contributed by atoms with van der Waals surface area (Å²) in [7, 11) is 1.96. The largest absolute Gasteiger partial charge is 0.378 e. The molecule has 1 N–H and O–H groups in total. The van der Waals surface area contributed by atoms with Crippen LogP contribution in [0.1, 0.15) is 57.8 Å². The van der Waals surface area contributed by atoms with Gasteiger partial charge >= 0.3 is 0 Å². The van der Waals surface area contributed by atoms with Crippen LogP contribution in [0.15, 0.2) is 0 Å². The van der Waals surface area contributed by atoms with E-state index in [2.05, 4.69) is 5.32 Å². The van der Waals surface area contributed by atoms with E-state index in [9.17, 15) is 8.78 Å². The predicted octanol–water partition coefficient (Wildman–Crippen LogP) is 3.75. The van der Waals surface area contributed by atoms with Gasteiger partial charge in [-0.15, -0.1) is 0 Å². The lowest BCUT2D eigenvalue weighted by Gasteiger charge is -2.33.